The number of nitrogens with zero attached hydrogens (tertiary/aromatic N) is 8. The van der Waals surface area contributed by atoms with Crippen LogP contribution in [0.5, 0.6) is 5.75 Å². The molecule has 38 heavy (non-hydrogen) atoms. The van der Waals surface area contributed by atoms with Gasteiger partial charge in [0.25, 0.3) is 0 Å². The number of aryl methyl sites for hydroxylation is 3. The number of hydrogen-bond acceptors (Lipinski definition) is 9. The Balaban J connectivity index is 1.25. The van der Waals surface area contributed by atoms with E-state index in [2.05, 4.69) is 20.2 Å². The lowest BCUT2D eigenvalue weighted by atomic mass is 10.1. The first kappa shape index (κ1) is 23.5. The van der Waals surface area contributed by atoms with Crippen LogP contribution in [0.1, 0.15) is 0 Å². The van der Waals surface area contributed by atoms with Crippen molar-refractivity contribution in [3.8, 4) is 28.5 Å². The Morgan fingerprint density at radius 3 is 2.63 bits per heavy atom. The fourth-order valence-corrected chi connectivity index (χ4v) is 4.32. The van der Waals surface area contributed by atoms with Gasteiger partial charge in [0.2, 0.25) is 11.8 Å². The van der Waals surface area contributed by atoms with Crippen molar-refractivity contribution in [2.24, 2.45) is 7.05 Å². The minimum Gasteiger partial charge on any atom is -0.491 e. The summed E-state index contributed by atoms with van der Waals surface area (Å²) in [4.78, 5) is 22.2. The van der Waals surface area contributed by atoms with Gasteiger partial charge in [0.05, 0.1) is 25.6 Å². The molecule has 6 aromatic rings. The molecule has 0 aliphatic carbocycles. The highest BCUT2D eigenvalue weighted by Gasteiger charge is 2.21. The Kier molecular flexibility index (Phi) is 5.88. The van der Waals surface area contributed by atoms with Crippen LogP contribution in [0.25, 0.3) is 39.5 Å². The molecule has 13 heteroatoms. The second-order valence-electron chi connectivity index (χ2n) is 8.64. The molecule has 0 saturated carbocycles. The third-order valence-electron chi connectivity index (χ3n) is 6.25. The normalized spacial score (nSPS) is 11.6. The second-order valence-corrected chi connectivity index (χ2v) is 8.64. The number of rotatable bonds is 9. The number of aromatic nitrogens is 8. The van der Waals surface area contributed by atoms with E-state index in [-0.39, 0.29) is 11.6 Å². The summed E-state index contributed by atoms with van der Waals surface area (Å²) in [5, 5.41) is 8.88. The molecule has 6 rings (SSSR count). The molecule has 5 aromatic heterocycles. The molecule has 0 radical (unpaired) electrons. The zero-order valence-electron chi connectivity index (χ0n) is 20.8. The predicted octanol–water partition coefficient (Wildman–Crippen LogP) is 2.21. The highest BCUT2D eigenvalue weighted by Crippen LogP contribution is 2.24. The highest BCUT2D eigenvalue weighted by atomic mass is 16.5. The van der Waals surface area contributed by atoms with Gasteiger partial charge in [-0.15, -0.1) is 5.10 Å². The summed E-state index contributed by atoms with van der Waals surface area (Å²) < 4.78 is 22.3. The Hall–Kier alpha value is -4.91. The summed E-state index contributed by atoms with van der Waals surface area (Å²) in [6.45, 7) is 1.82. The molecule has 194 valence electrons. The fourth-order valence-electron chi connectivity index (χ4n) is 4.32. The van der Waals surface area contributed by atoms with E-state index in [4.69, 9.17) is 19.6 Å². The third-order valence-corrected chi connectivity index (χ3v) is 6.25. The van der Waals surface area contributed by atoms with E-state index >= 15 is 0 Å². The van der Waals surface area contributed by atoms with E-state index in [0.717, 1.165) is 16.9 Å². The van der Waals surface area contributed by atoms with Crippen LogP contribution in [0, 0.1) is 0 Å². The number of fused-ring (bicyclic) bond motifs is 3. The maximum atomic E-state index is 13.2. The van der Waals surface area contributed by atoms with Crippen LogP contribution in [0.2, 0.25) is 0 Å². The number of hydrogen-bond donors (Lipinski definition) is 1. The summed E-state index contributed by atoms with van der Waals surface area (Å²) in [7, 11) is 3.32. The van der Waals surface area contributed by atoms with Crippen molar-refractivity contribution in [3.05, 3.63) is 65.5 Å². The maximum Gasteiger partial charge on any atom is 0.330 e. The Morgan fingerprint density at radius 1 is 1.03 bits per heavy atom. The van der Waals surface area contributed by atoms with Crippen LogP contribution in [0.3, 0.4) is 0 Å². The first-order valence-corrected chi connectivity index (χ1v) is 11.9. The van der Waals surface area contributed by atoms with Crippen molar-refractivity contribution < 1.29 is 13.9 Å². The zero-order chi connectivity index (χ0) is 26.2. The maximum absolute atomic E-state index is 13.2. The molecule has 0 bridgehead atoms. The average Bonchev–Trinajstić information content (AvgIpc) is 3.72. The zero-order valence-corrected chi connectivity index (χ0v) is 20.8. The number of imidazole rings is 1. The van der Waals surface area contributed by atoms with E-state index in [0.29, 0.717) is 54.7 Å². The predicted molar refractivity (Wildman–Crippen MR) is 139 cm³/mol. The molecule has 13 nitrogen and oxygen atoms in total. The largest absolute Gasteiger partial charge is 0.491 e. The second kappa shape index (κ2) is 9.52. The molecule has 0 saturated heterocycles. The van der Waals surface area contributed by atoms with Gasteiger partial charge in [-0.3, -0.25) is 13.8 Å². The monoisotopic (exact) mass is 515 g/mol. The fraction of sp³-hybridized carbons (Fsp3) is 0.240. The molecule has 5 heterocycles. The van der Waals surface area contributed by atoms with Gasteiger partial charge in [-0.25, -0.2) is 9.78 Å². The van der Waals surface area contributed by atoms with Gasteiger partial charge in [0.15, 0.2) is 17.1 Å². The number of methoxy groups -OCH3 is 1. The van der Waals surface area contributed by atoms with Crippen LogP contribution >= 0.6 is 0 Å². The van der Waals surface area contributed by atoms with E-state index in [1.807, 2.05) is 30.5 Å². The molecule has 0 amide bonds. The number of benzene rings is 1. The van der Waals surface area contributed by atoms with Gasteiger partial charge in [0, 0.05) is 32.5 Å². The first-order chi connectivity index (χ1) is 18.5. The SMILES string of the molecule is COCCOc1ccc(-c2cnn(CCn3c(=O)n(C)c4c3nc(N)n3nc(-c5ccco5)nc43)c2)cc1. The van der Waals surface area contributed by atoms with E-state index in [1.165, 1.54) is 9.08 Å². The molecular weight excluding hydrogens is 490 g/mol. The molecule has 0 aliphatic heterocycles. The lowest BCUT2D eigenvalue weighted by molar-refractivity contribution is 0.146. The number of anilines is 1. The van der Waals surface area contributed by atoms with Gasteiger partial charge < -0.3 is 19.6 Å². The van der Waals surface area contributed by atoms with Crippen LogP contribution in [-0.4, -0.2) is 58.8 Å². The topological polar surface area (TPSA) is 145 Å². The molecule has 0 aliphatic rings. The average molecular weight is 516 g/mol. The summed E-state index contributed by atoms with van der Waals surface area (Å²) >= 11 is 0. The summed E-state index contributed by atoms with van der Waals surface area (Å²) in [5.41, 5.74) is 9.31. The van der Waals surface area contributed by atoms with E-state index in [1.54, 1.807) is 48.0 Å². The standard InChI is InChI=1S/C25H25N9O4/c1-31-20-22(29-24(26)34-23(20)28-21(30-34)19-4-3-11-38-19)33(25(31)35)10-9-32-15-17(14-27-32)16-5-7-18(8-6-16)37-13-12-36-2/h3-8,11,14-15H,9-10,12-13H2,1-2H3,(H2,26,29). The quantitative estimate of drug-likeness (QED) is 0.286. The smallest absolute Gasteiger partial charge is 0.330 e. The van der Waals surface area contributed by atoms with Crippen molar-refractivity contribution >= 4 is 22.8 Å². The number of nitrogen functional groups attached to an aromatic ring is 1. The molecule has 0 fully saturated rings. The lowest BCUT2D eigenvalue weighted by Crippen LogP contribution is -2.24. The van der Waals surface area contributed by atoms with Gasteiger partial charge in [-0.05, 0) is 29.8 Å². The van der Waals surface area contributed by atoms with Gasteiger partial charge in [-0.2, -0.15) is 14.6 Å². The molecule has 2 N–H and O–H groups in total. The minimum atomic E-state index is -0.237. The highest BCUT2D eigenvalue weighted by molar-refractivity contribution is 5.88. The van der Waals surface area contributed by atoms with Crippen LogP contribution < -0.4 is 16.2 Å². The van der Waals surface area contributed by atoms with Crippen LogP contribution in [0.4, 0.5) is 5.95 Å². The summed E-state index contributed by atoms with van der Waals surface area (Å²) in [5.74, 6) is 1.75. The van der Waals surface area contributed by atoms with Crippen molar-refractivity contribution in [1.82, 2.24) is 38.5 Å². The first-order valence-electron chi connectivity index (χ1n) is 11.9. The number of furan rings is 1. The molecule has 0 spiro atoms. The molecular formula is C25H25N9O4. The van der Waals surface area contributed by atoms with E-state index in [9.17, 15) is 4.79 Å². The van der Waals surface area contributed by atoms with Crippen LogP contribution in [0.15, 0.2) is 64.3 Å². The van der Waals surface area contributed by atoms with Gasteiger partial charge >= 0.3 is 5.69 Å². The molecule has 1 aromatic carbocycles. The van der Waals surface area contributed by atoms with Gasteiger partial charge in [0.1, 0.15) is 17.9 Å². The van der Waals surface area contributed by atoms with Crippen molar-refractivity contribution in [3.63, 3.8) is 0 Å². The third kappa shape index (κ3) is 4.08. The lowest BCUT2D eigenvalue weighted by Gasteiger charge is -2.06. The molecule has 0 unspecified atom stereocenters. The molecule has 0 atom stereocenters. The Morgan fingerprint density at radius 2 is 1.87 bits per heavy atom. The minimum absolute atomic E-state index is 0.119. The summed E-state index contributed by atoms with van der Waals surface area (Å²) in [6, 6.07) is 11.3. The van der Waals surface area contributed by atoms with Crippen LogP contribution in [-0.2, 0) is 24.9 Å². The summed E-state index contributed by atoms with van der Waals surface area (Å²) in [6.07, 6.45) is 5.27. The van der Waals surface area contributed by atoms with Gasteiger partial charge in [-0.1, -0.05) is 12.1 Å². The number of ether oxygens (including phenoxy) is 2. The number of nitrogens with two attached hydrogens (primary N) is 1. The van der Waals surface area contributed by atoms with Crippen molar-refractivity contribution in [1.29, 1.82) is 0 Å². The van der Waals surface area contributed by atoms with Crippen molar-refractivity contribution in [2.45, 2.75) is 13.1 Å². The Labute approximate surface area is 215 Å². The Bertz CT molecular complexity index is 1780. The van der Waals surface area contributed by atoms with Crippen molar-refractivity contribution in [2.75, 3.05) is 26.1 Å². The van der Waals surface area contributed by atoms with E-state index < -0.39 is 0 Å².